The lowest BCUT2D eigenvalue weighted by Gasteiger charge is -2.19. The van der Waals surface area contributed by atoms with E-state index in [4.69, 9.17) is 5.73 Å². The van der Waals surface area contributed by atoms with E-state index in [1.807, 2.05) is 14.1 Å². The molecule has 2 heteroatoms. The Kier molecular flexibility index (Phi) is 8.46. The Balaban J connectivity index is 3.07. The van der Waals surface area contributed by atoms with Gasteiger partial charge in [0, 0.05) is 0 Å². The van der Waals surface area contributed by atoms with Crippen LogP contribution in [0.2, 0.25) is 0 Å². The van der Waals surface area contributed by atoms with Crippen molar-refractivity contribution in [2.75, 3.05) is 14.1 Å². The lowest BCUT2D eigenvalue weighted by molar-refractivity contribution is 0.278. The van der Waals surface area contributed by atoms with Crippen LogP contribution < -0.4 is 5.73 Å². The third-order valence-electron chi connectivity index (χ3n) is 2.52. The van der Waals surface area contributed by atoms with E-state index < -0.39 is 0 Å². The molecule has 13 heavy (non-hydrogen) atoms. The zero-order valence-corrected chi connectivity index (χ0v) is 9.55. The lowest BCUT2D eigenvalue weighted by atomic mass is 10.1. The Morgan fingerprint density at radius 1 is 1.00 bits per heavy atom. The predicted octanol–water partition coefficient (Wildman–Crippen LogP) is 2.58. The molecule has 1 unspecified atom stereocenters. The van der Waals surface area contributed by atoms with Gasteiger partial charge in [0.1, 0.15) is 0 Å². The lowest BCUT2D eigenvalue weighted by Crippen LogP contribution is -2.35. The topological polar surface area (TPSA) is 29.3 Å². The first kappa shape index (κ1) is 12.9. The van der Waals surface area contributed by atoms with E-state index in [2.05, 4.69) is 11.8 Å². The maximum absolute atomic E-state index is 5.88. The number of hydrogen-bond donors (Lipinski definition) is 1. The van der Waals surface area contributed by atoms with Gasteiger partial charge in [0.25, 0.3) is 0 Å². The average Bonchev–Trinajstić information content (AvgIpc) is 2.10. The van der Waals surface area contributed by atoms with Crippen molar-refractivity contribution in [3.8, 4) is 0 Å². The zero-order chi connectivity index (χ0) is 10.1. The van der Waals surface area contributed by atoms with E-state index in [-0.39, 0.29) is 6.17 Å². The van der Waals surface area contributed by atoms with Gasteiger partial charge in [0.15, 0.2) is 0 Å². The van der Waals surface area contributed by atoms with Gasteiger partial charge in [-0.25, -0.2) is 0 Å². The molecule has 2 N–H and O–H groups in total. The van der Waals surface area contributed by atoms with Crippen LogP contribution in [0.25, 0.3) is 0 Å². The monoisotopic (exact) mass is 186 g/mol. The summed E-state index contributed by atoms with van der Waals surface area (Å²) in [6.07, 6.45) is 9.52. The quantitative estimate of drug-likeness (QED) is 0.466. The van der Waals surface area contributed by atoms with Crippen molar-refractivity contribution in [3.63, 3.8) is 0 Å². The van der Waals surface area contributed by atoms with E-state index in [0.29, 0.717) is 0 Å². The molecule has 0 aromatic rings. The first-order chi connectivity index (χ1) is 6.18. The summed E-state index contributed by atoms with van der Waals surface area (Å²) in [7, 11) is 4.09. The van der Waals surface area contributed by atoms with Gasteiger partial charge in [-0.2, -0.15) is 0 Å². The highest BCUT2D eigenvalue weighted by Gasteiger charge is 2.02. The summed E-state index contributed by atoms with van der Waals surface area (Å²) >= 11 is 0. The highest BCUT2D eigenvalue weighted by molar-refractivity contribution is 4.57. The molecule has 80 valence electrons. The van der Waals surface area contributed by atoms with Gasteiger partial charge < -0.3 is 5.73 Å². The van der Waals surface area contributed by atoms with Crippen molar-refractivity contribution in [1.82, 2.24) is 4.90 Å². The second kappa shape index (κ2) is 8.52. The molecule has 0 rings (SSSR count). The molecule has 0 fully saturated rings. The van der Waals surface area contributed by atoms with Crippen molar-refractivity contribution in [3.05, 3.63) is 0 Å². The van der Waals surface area contributed by atoms with E-state index in [0.717, 1.165) is 6.42 Å². The van der Waals surface area contributed by atoms with E-state index in [1.54, 1.807) is 0 Å². The van der Waals surface area contributed by atoms with Gasteiger partial charge in [-0.05, 0) is 20.5 Å². The van der Waals surface area contributed by atoms with Gasteiger partial charge >= 0.3 is 0 Å². The SMILES string of the molecule is CCCCCCCCC(N)N(C)C. The number of unbranched alkanes of at least 4 members (excludes halogenated alkanes) is 5. The molecular formula is C11H26N2. The fraction of sp³-hybridized carbons (Fsp3) is 1.00. The van der Waals surface area contributed by atoms with Gasteiger partial charge in [0.05, 0.1) is 6.17 Å². The molecule has 0 radical (unpaired) electrons. The molecule has 0 aromatic heterocycles. The third kappa shape index (κ3) is 8.26. The first-order valence-electron chi connectivity index (χ1n) is 5.60. The molecule has 0 saturated carbocycles. The van der Waals surface area contributed by atoms with Crippen LogP contribution in [0.5, 0.6) is 0 Å². The molecule has 0 heterocycles. The molecule has 0 amide bonds. The highest BCUT2D eigenvalue weighted by atomic mass is 15.2. The van der Waals surface area contributed by atoms with Gasteiger partial charge in [-0.15, -0.1) is 0 Å². The van der Waals surface area contributed by atoms with Crippen LogP contribution in [0.4, 0.5) is 0 Å². The second-order valence-corrected chi connectivity index (χ2v) is 4.09. The highest BCUT2D eigenvalue weighted by Crippen LogP contribution is 2.08. The second-order valence-electron chi connectivity index (χ2n) is 4.09. The molecule has 0 aromatic carbocycles. The number of hydrogen-bond acceptors (Lipinski definition) is 2. The van der Waals surface area contributed by atoms with Crippen LogP contribution in [-0.4, -0.2) is 25.2 Å². The Bertz CT molecular complexity index is 102. The standard InChI is InChI=1S/C11H26N2/c1-4-5-6-7-8-9-10-11(12)13(2)3/h11H,4-10,12H2,1-3H3. The van der Waals surface area contributed by atoms with Crippen LogP contribution in [0.15, 0.2) is 0 Å². The number of nitrogens with two attached hydrogens (primary N) is 1. The van der Waals surface area contributed by atoms with Crippen LogP contribution in [0.1, 0.15) is 51.9 Å². The predicted molar refractivity (Wildman–Crippen MR) is 59.7 cm³/mol. The van der Waals surface area contributed by atoms with E-state index in [9.17, 15) is 0 Å². The maximum atomic E-state index is 5.88. The van der Waals surface area contributed by atoms with Crippen LogP contribution in [-0.2, 0) is 0 Å². The minimum Gasteiger partial charge on any atom is -0.316 e. The molecule has 2 nitrogen and oxygen atoms in total. The van der Waals surface area contributed by atoms with Crippen molar-refractivity contribution in [1.29, 1.82) is 0 Å². The van der Waals surface area contributed by atoms with E-state index >= 15 is 0 Å². The molecule has 0 bridgehead atoms. The number of nitrogens with zero attached hydrogens (tertiary/aromatic N) is 1. The van der Waals surface area contributed by atoms with Crippen molar-refractivity contribution >= 4 is 0 Å². The van der Waals surface area contributed by atoms with Crippen molar-refractivity contribution in [2.24, 2.45) is 5.73 Å². The average molecular weight is 186 g/mol. The Hall–Kier alpha value is -0.0800. The summed E-state index contributed by atoms with van der Waals surface area (Å²) in [6, 6.07) is 0. The summed E-state index contributed by atoms with van der Waals surface area (Å²) < 4.78 is 0. The summed E-state index contributed by atoms with van der Waals surface area (Å²) in [5.74, 6) is 0. The Labute approximate surface area is 83.5 Å². The van der Waals surface area contributed by atoms with Crippen molar-refractivity contribution in [2.45, 2.75) is 58.0 Å². The summed E-state index contributed by atoms with van der Waals surface area (Å²) in [5, 5.41) is 0. The maximum Gasteiger partial charge on any atom is 0.0566 e. The summed E-state index contributed by atoms with van der Waals surface area (Å²) in [6.45, 7) is 2.25. The van der Waals surface area contributed by atoms with Gasteiger partial charge in [-0.3, -0.25) is 4.90 Å². The van der Waals surface area contributed by atoms with Crippen molar-refractivity contribution < 1.29 is 0 Å². The Morgan fingerprint density at radius 2 is 1.54 bits per heavy atom. The van der Waals surface area contributed by atoms with Crippen LogP contribution in [0, 0.1) is 0 Å². The largest absolute Gasteiger partial charge is 0.316 e. The number of rotatable bonds is 8. The molecule has 0 aliphatic rings. The summed E-state index contributed by atoms with van der Waals surface area (Å²) in [4.78, 5) is 2.09. The molecular weight excluding hydrogens is 160 g/mol. The minimum absolute atomic E-state index is 0.256. The molecule has 0 aliphatic carbocycles. The normalized spacial score (nSPS) is 13.6. The minimum atomic E-state index is 0.256. The van der Waals surface area contributed by atoms with Gasteiger partial charge in [0.2, 0.25) is 0 Å². The van der Waals surface area contributed by atoms with E-state index in [1.165, 1.54) is 38.5 Å². The summed E-state index contributed by atoms with van der Waals surface area (Å²) in [5.41, 5.74) is 5.88. The van der Waals surface area contributed by atoms with Crippen LogP contribution in [0.3, 0.4) is 0 Å². The smallest absolute Gasteiger partial charge is 0.0566 e. The molecule has 1 atom stereocenters. The fourth-order valence-electron chi connectivity index (χ4n) is 1.39. The molecule has 0 aliphatic heterocycles. The fourth-order valence-corrected chi connectivity index (χ4v) is 1.39. The van der Waals surface area contributed by atoms with Gasteiger partial charge in [-0.1, -0.05) is 45.4 Å². The zero-order valence-electron chi connectivity index (χ0n) is 9.55. The first-order valence-corrected chi connectivity index (χ1v) is 5.60. The Morgan fingerprint density at radius 3 is 2.08 bits per heavy atom. The molecule has 0 saturated heterocycles. The van der Waals surface area contributed by atoms with Crippen LogP contribution >= 0.6 is 0 Å². The molecule has 0 spiro atoms. The third-order valence-corrected chi connectivity index (χ3v) is 2.52.